The zero-order valence-corrected chi connectivity index (χ0v) is 7.71. The second-order valence-corrected chi connectivity index (χ2v) is 3.90. The quantitative estimate of drug-likeness (QED) is 0.542. The van der Waals surface area contributed by atoms with Gasteiger partial charge in [-0.2, -0.15) is 0 Å². The van der Waals surface area contributed by atoms with Gasteiger partial charge in [0.15, 0.2) is 5.71 Å². The Morgan fingerprint density at radius 3 is 2.67 bits per heavy atom. The van der Waals surface area contributed by atoms with Crippen molar-refractivity contribution in [2.24, 2.45) is 16.8 Å². The fourth-order valence-corrected chi connectivity index (χ4v) is 2.06. The van der Waals surface area contributed by atoms with E-state index in [2.05, 4.69) is 5.16 Å². The number of oxime groups is 1. The van der Waals surface area contributed by atoms with Gasteiger partial charge in [-0.15, -0.1) is 0 Å². The van der Waals surface area contributed by atoms with Crippen LogP contribution in [-0.2, 0) is 14.4 Å². The van der Waals surface area contributed by atoms with E-state index >= 15 is 0 Å². The molecular formula is C8H10N2O5. The van der Waals surface area contributed by atoms with E-state index in [-0.39, 0.29) is 18.6 Å². The molecule has 0 aromatic heterocycles. The van der Waals surface area contributed by atoms with Gasteiger partial charge in [0.05, 0.1) is 5.92 Å². The Morgan fingerprint density at radius 1 is 1.47 bits per heavy atom. The van der Waals surface area contributed by atoms with Crippen molar-refractivity contribution in [3.05, 3.63) is 0 Å². The van der Waals surface area contributed by atoms with Crippen LogP contribution in [0.2, 0.25) is 0 Å². The molecule has 4 N–H and O–H groups in total. The molecule has 82 valence electrons. The third-order valence-electron chi connectivity index (χ3n) is 2.88. The zero-order chi connectivity index (χ0) is 11.2. The zero-order valence-electron chi connectivity index (χ0n) is 7.71. The number of fused-ring (bicyclic) bond motifs is 1. The molecule has 1 fully saturated rings. The average Bonchev–Trinajstić information content (AvgIpc) is 2.60. The monoisotopic (exact) mass is 214 g/mol. The summed E-state index contributed by atoms with van der Waals surface area (Å²) in [6.45, 7) is 0. The summed E-state index contributed by atoms with van der Waals surface area (Å²) < 4.78 is 0. The van der Waals surface area contributed by atoms with E-state index in [1.165, 1.54) is 0 Å². The maximum Gasteiger partial charge on any atom is 0.354 e. The second-order valence-electron chi connectivity index (χ2n) is 3.90. The molecule has 7 heteroatoms. The maximum absolute atomic E-state index is 10.9. The highest BCUT2D eigenvalue weighted by molar-refractivity contribution is 6.37. The van der Waals surface area contributed by atoms with Crippen LogP contribution >= 0.6 is 0 Å². The standard InChI is InChI=1S/C8H10N2O5/c9-8(7(13)14)1-3-4(2-8)15-10-5(3)6(11)12/h3-4H,1-2,9H2,(H,11,12)(H,13,14)/t3-,4+,8+/m1/s1. The van der Waals surface area contributed by atoms with Crippen LogP contribution in [0, 0.1) is 5.92 Å². The third kappa shape index (κ3) is 1.35. The number of carboxylic acids is 2. The number of hydrogen-bond donors (Lipinski definition) is 3. The van der Waals surface area contributed by atoms with Crippen molar-refractivity contribution in [2.75, 3.05) is 0 Å². The van der Waals surface area contributed by atoms with Gasteiger partial charge in [-0.05, 0) is 6.42 Å². The molecule has 2 rings (SSSR count). The van der Waals surface area contributed by atoms with E-state index in [0.29, 0.717) is 0 Å². The lowest BCUT2D eigenvalue weighted by Crippen LogP contribution is -2.46. The summed E-state index contributed by atoms with van der Waals surface area (Å²) in [5, 5.41) is 21.1. The summed E-state index contributed by atoms with van der Waals surface area (Å²) in [5.74, 6) is -2.83. The van der Waals surface area contributed by atoms with Crippen LogP contribution < -0.4 is 5.73 Å². The first kappa shape index (κ1) is 9.91. The Bertz CT molecular complexity index is 366. The predicted octanol–water partition coefficient (Wildman–Crippen LogP) is -0.982. The summed E-state index contributed by atoms with van der Waals surface area (Å²) in [6.07, 6.45) is -0.372. The summed E-state index contributed by atoms with van der Waals surface area (Å²) in [7, 11) is 0. The van der Waals surface area contributed by atoms with Gasteiger partial charge in [0, 0.05) is 6.42 Å². The molecular weight excluding hydrogens is 204 g/mol. The van der Waals surface area contributed by atoms with Crippen LogP contribution in [-0.4, -0.2) is 39.5 Å². The second kappa shape index (κ2) is 2.93. The van der Waals surface area contributed by atoms with Crippen molar-refractivity contribution >= 4 is 17.7 Å². The van der Waals surface area contributed by atoms with E-state index < -0.39 is 29.5 Å². The predicted molar refractivity (Wildman–Crippen MR) is 47.2 cm³/mol. The molecule has 1 aliphatic heterocycles. The van der Waals surface area contributed by atoms with Gasteiger partial charge in [0.25, 0.3) is 0 Å². The Hall–Kier alpha value is -1.63. The summed E-state index contributed by atoms with van der Waals surface area (Å²) >= 11 is 0. The first-order valence-electron chi connectivity index (χ1n) is 4.43. The fraction of sp³-hybridized carbons (Fsp3) is 0.625. The minimum Gasteiger partial charge on any atom is -0.480 e. The van der Waals surface area contributed by atoms with Gasteiger partial charge < -0.3 is 20.8 Å². The molecule has 0 aromatic rings. The number of aliphatic carboxylic acids is 2. The average molecular weight is 214 g/mol. The fourth-order valence-electron chi connectivity index (χ4n) is 2.06. The van der Waals surface area contributed by atoms with Crippen LogP contribution in [0.1, 0.15) is 12.8 Å². The van der Waals surface area contributed by atoms with E-state index in [4.69, 9.17) is 20.8 Å². The van der Waals surface area contributed by atoms with E-state index in [9.17, 15) is 9.59 Å². The van der Waals surface area contributed by atoms with Crippen molar-refractivity contribution in [1.82, 2.24) is 0 Å². The van der Waals surface area contributed by atoms with Gasteiger partial charge in [0.1, 0.15) is 11.6 Å². The molecule has 0 amide bonds. The first-order chi connectivity index (χ1) is 6.94. The molecule has 1 saturated carbocycles. The highest BCUT2D eigenvalue weighted by atomic mass is 16.6. The Morgan fingerprint density at radius 2 is 2.13 bits per heavy atom. The van der Waals surface area contributed by atoms with Crippen molar-refractivity contribution in [3.8, 4) is 0 Å². The highest BCUT2D eigenvalue weighted by Gasteiger charge is 2.54. The van der Waals surface area contributed by atoms with Crippen molar-refractivity contribution in [3.63, 3.8) is 0 Å². The van der Waals surface area contributed by atoms with Gasteiger partial charge in [-0.3, -0.25) is 4.79 Å². The maximum atomic E-state index is 10.9. The molecule has 15 heavy (non-hydrogen) atoms. The van der Waals surface area contributed by atoms with Crippen LogP contribution in [0.4, 0.5) is 0 Å². The smallest absolute Gasteiger partial charge is 0.354 e. The minimum absolute atomic E-state index is 0.0537. The van der Waals surface area contributed by atoms with Gasteiger partial charge in [0.2, 0.25) is 0 Å². The summed E-state index contributed by atoms with van der Waals surface area (Å²) in [6, 6.07) is 0. The molecule has 0 radical (unpaired) electrons. The number of nitrogens with two attached hydrogens (primary N) is 1. The number of rotatable bonds is 2. The minimum atomic E-state index is -1.40. The normalized spacial score (nSPS) is 38.1. The summed E-state index contributed by atoms with van der Waals surface area (Å²) in [5.41, 5.74) is 4.10. The lowest BCUT2D eigenvalue weighted by atomic mass is 9.95. The van der Waals surface area contributed by atoms with Crippen LogP contribution in [0.5, 0.6) is 0 Å². The Labute approximate surface area is 84.5 Å². The number of hydrogen-bond acceptors (Lipinski definition) is 5. The molecule has 0 spiro atoms. The Balaban J connectivity index is 2.21. The van der Waals surface area contributed by atoms with Crippen molar-refractivity contribution < 1.29 is 24.6 Å². The van der Waals surface area contributed by atoms with Crippen LogP contribution in [0.3, 0.4) is 0 Å². The number of carboxylic acid groups (broad SMARTS) is 2. The molecule has 7 nitrogen and oxygen atoms in total. The SMILES string of the molecule is N[C@]1(C(=O)O)C[C@@H]2ON=C(C(=O)O)[C@@H]2C1. The lowest BCUT2D eigenvalue weighted by Gasteiger charge is -2.17. The van der Waals surface area contributed by atoms with E-state index in [0.717, 1.165) is 0 Å². The van der Waals surface area contributed by atoms with Crippen molar-refractivity contribution in [1.29, 1.82) is 0 Å². The molecule has 1 aliphatic carbocycles. The number of nitrogens with zero attached hydrogens (tertiary/aromatic N) is 1. The molecule has 3 atom stereocenters. The van der Waals surface area contributed by atoms with Gasteiger partial charge in [-0.25, -0.2) is 4.79 Å². The number of carbonyl (C=O) groups is 2. The van der Waals surface area contributed by atoms with Gasteiger partial charge in [-0.1, -0.05) is 5.16 Å². The first-order valence-corrected chi connectivity index (χ1v) is 4.43. The largest absolute Gasteiger partial charge is 0.480 e. The van der Waals surface area contributed by atoms with Crippen LogP contribution in [0.15, 0.2) is 5.16 Å². The van der Waals surface area contributed by atoms with Crippen LogP contribution in [0.25, 0.3) is 0 Å². The van der Waals surface area contributed by atoms with E-state index in [1.807, 2.05) is 0 Å². The highest BCUT2D eigenvalue weighted by Crippen LogP contribution is 2.39. The molecule has 1 heterocycles. The molecule has 0 aromatic carbocycles. The third-order valence-corrected chi connectivity index (χ3v) is 2.88. The topological polar surface area (TPSA) is 122 Å². The molecule has 0 saturated heterocycles. The summed E-state index contributed by atoms with van der Waals surface area (Å²) in [4.78, 5) is 26.4. The van der Waals surface area contributed by atoms with Gasteiger partial charge >= 0.3 is 11.9 Å². The van der Waals surface area contributed by atoms with Crippen molar-refractivity contribution in [2.45, 2.75) is 24.5 Å². The van der Waals surface area contributed by atoms with E-state index in [1.54, 1.807) is 0 Å². The molecule has 0 unspecified atom stereocenters. The molecule has 2 aliphatic rings. The Kier molecular flexibility index (Phi) is 1.93. The lowest BCUT2D eigenvalue weighted by molar-refractivity contribution is -0.143. The molecule has 0 bridgehead atoms.